The SMILES string of the molecule is Cc1ccc(CC(CO)C(C)(C)C)cc1. The van der Waals surface area contributed by atoms with Crippen molar-refractivity contribution < 1.29 is 5.11 Å². The minimum Gasteiger partial charge on any atom is -0.396 e. The van der Waals surface area contributed by atoms with Crippen LogP contribution in [0.5, 0.6) is 0 Å². The Kier molecular flexibility index (Phi) is 3.92. The van der Waals surface area contributed by atoms with Gasteiger partial charge in [-0.2, -0.15) is 0 Å². The lowest BCUT2D eigenvalue weighted by molar-refractivity contribution is 0.131. The summed E-state index contributed by atoms with van der Waals surface area (Å²) in [6.07, 6.45) is 0.959. The lowest BCUT2D eigenvalue weighted by atomic mass is 9.78. The van der Waals surface area contributed by atoms with E-state index in [9.17, 15) is 5.11 Å². The van der Waals surface area contributed by atoms with Crippen LogP contribution >= 0.6 is 0 Å². The van der Waals surface area contributed by atoms with Crippen LogP contribution in [0.25, 0.3) is 0 Å². The molecule has 1 rings (SSSR count). The predicted octanol–water partition coefficient (Wildman–Crippen LogP) is 3.19. The molecule has 1 N–H and O–H groups in total. The van der Waals surface area contributed by atoms with Crippen LogP contribution in [0, 0.1) is 18.3 Å². The first-order valence-corrected chi connectivity index (χ1v) is 5.60. The fourth-order valence-corrected chi connectivity index (χ4v) is 1.65. The third-order valence-corrected chi connectivity index (χ3v) is 3.05. The monoisotopic (exact) mass is 206 g/mol. The summed E-state index contributed by atoms with van der Waals surface area (Å²) in [5, 5.41) is 9.38. The van der Waals surface area contributed by atoms with Crippen LogP contribution in [0.1, 0.15) is 31.9 Å². The Labute approximate surface area is 93.1 Å². The van der Waals surface area contributed by atoms with E-state index in [0.29, 0.717) is 5.92 Å². The van der Waals surface area contributed by atoms with Crippen LogP contribution in [-0.4, -0.2) is 11.7 Å². The van der Waals surface area contributed by atoms with Gasteiger partial charge < -0.3 is 5.11 Å². The van der Waals surface area contributed by atoms with Gasteiger partial charge >= 0.3 is 0 Å². The van der Waals surface area contributed by atoms with Crippen molar-refractivity contribution in [1.29, 1.82) is 0 Å². The van der Waals surface area contributed by atoms with E-state index in [-0.39, 0.29) is 12.0 Å². The molecule has 0 radical (unpaired) electrons. The first-order valence-electron chi connectivity index (χ1n) is 5.60. The van der Waals surface area contributed by atoms with Crippen molar-refractivity contribution in [1.82, 2.24) is 0 Å². The summed E-state index contributed by atoms with van der Waals surface area (Å²) in [5.74, 6) is 0.334. The van der Waals surface area contributed by atoms with E-state index in [0.717, 1.165) is 6.42 Å². The molecular formula is C14H22O. The highest BCUT2D eigenvalue weighted by Crippen LogP contribution is 2.28. The first kappa shape index (κ1) is 12.3. The normalized spacial score (nSPS) is 13.9. The van der Waals surface area contributed by atoms with Gasteiger partial charge in [0.1, 0.15) is 0 Å². The number of rotatable bonds is 3. The molecule has 0 bridgehead atoms. The smallest absolute Gasteiger partial charge is 0.0467 e. The molecule has 1 unspecified atom stereocenters. The van der Waals surface area contributed by atoms with Crippen molar-refractivity contribution in [2.24, 2.45) is 11.3 Å². The molecule has 0 aromatic heterocycles. The van der Waals surface area contributed by atoms with Gasteiger partial charge in [0.25, 0.3) is 0 Å². The molecule has 0 saturated heterocycles. The van der Waals surface area contributed by atoms with Gasteiger partial charge in [-0.15, -0.1) is 0 Å². The van der Waals surface area contributed by atoms with Crippen LogP contribution in [0.3, 0.4) is 0 Å². The van der Waals surface area contributed by atoms with Crippen molar-refractivity contribution in [2.45, 2.75) is 34.1 Å². The van der Waals surface area contributed by atoms with E-state index in [4.69, 9.17) is 0 Å². The standard InChI is InChI=1S/C14H22O/c1-11-5-7-12(8-6-11)9-13(10-15)14(2,3)4/h5-8,13,15H,9-10H2,1-4H3. The van der Waals surface area contributed by atoms with Gasteiger partial charge in [-0.1, -0.05) is 50.6 Å². The molecule has 1 atom stereocenters. The largest absolute Gasteiger partial charge is 0.396 e. The Morgan fingerprint density at radius 2 is 1.67 bits per heavy atom. The summed E-state index contributed by atoms with van der Waals surface area (Å²) in [7, 11) is 0. The molecule has 15 heavy (non-hydrogen) atoms. The lowest BCUT2D eigenvalue weighted by Crippen LogP contribution is -2.25. The molecule has 0 spiro atoms. The molecule has 0 aliphatic rings. The Hall–Kier alpha value is -0.820. The second-order valence-electron chi connectivity index (χ2n) is 5.44. The lowest BCUT2D eigenvalue weighted by Gasteiger charge is -2.29. The Morgan fingerprint density at radius 3 is 2.07 bits per heavy atom. The van der Waals surface area contributed by atoms with E-state index >= 15 is 0 Å². The van der Waals surface area contributed by atoms with E-state index in [1.54, 1.807) is 0 Å². The Balaban J connectivity index is 2.71. The average Bonchev–Trinajstić information content (AvgIpc) is 2.15. The highest BCUT2D eigenvalue weighted by molar-refractivity contribution is 5.21. The van der Waals surface area contributed by atoms with Crippen molar-refractivity contribution in [3.8, 4) is 0 Å². The Bertz CT molecular complexity index is 292. The van der Waals surface area contributed by atoms with Crippen LogP contribution < -0.4 is 0 Å². The fraction of sp³-hybridized carbons (Fsp3) is 0.571. The van der Waals surface area contributed by atoms with Crippen LogP contribution in [-0.2, 0) is 6.42 Å². The molecule has 84 valence electrons. The highest BCUT2D eigenvalue weighted by atomic mass is 16.3. The van der Waals surface area contributed by atoms with Crippen LogP contribution in [0.4, 0.5) is 0 Å². The quantitative estimate of drug-likeness (QED) is 0.805. The topological polar surface area (TPSA) is 20.2 Å². The second kappa shape index (κ2) is 4.80. The maximum atomic E-state index is 9.38. The molecular weight excluding hydrogens is 184 g/mol. The molecule has 1 aromatic carbocycles. The summed E-state index contributed by atoms with van der Waals surface area (Å²) in [5.41, 5.74) is 2.77. The van der Waals surface area contributed by atoms with Gasteiger partial charge in [0.15, 0.2) is 0 Å². The van der Waals surface area contributed by atoms with E-state index in [2.05, 4.69) is 52.0 Å². The maximum absolute atomic E-state index is 9.38. The van der Waals surface area contributed by atoms with Crippen molar-refractivity contribution in [3.63, 3.8) is 0 Å². The zero-order chi connectivity index (χ0) is 11.5. The van der Waals surface area contributed by atoms with E-state index in [1.807, 2.05) is 0 Å². The fourth-order valence-electron chi connectivity index (χ4n) is 1.65. The summed E-state index contributed by atoms with van der Waals surface area (Å²) in [4.78, 5) is 0. The summed E-state index contributed by atoms with van der Waals surface area (Å²) in [6, 6.07) is 8.58. The van der Waals surface area contributed by atoms with E-state index in [1.165, 1.54) is 11.1 Å². The van der Waals surface area contributed by atoms with Crippen LogP contribution in [0.15, 0.2) is 24.3 Å². The first-order chi connectivity index (χ1) is 6.93. The Morgan fingerprint density at radius 1 is 1.13 bits per heavy atom. The molecule has 0 saturated carbocycles. The van der Waals surface area contributed by atoms with E-state index < -0.39 is 0 Å². The number of benzene rings is 1. The molecule has 1 heteroatoms. The number of hydrogen-bond donors (Lipinski definition) is 1. The maximum Gasteiger partial charge on any atom is 0.0467 e. The number of aliphatic hydroxyl groups excluding tert-OH is 1. The molecule has 1 nitrogen and oxygen atoms in total. The summed E-state index contributed by atoms with van der Waals surface area (Å²) in [6.45, 7) is 8.90. The van der Waals surface area contributed by atoms with Gasteiger partial charge in [-0.3, -0.25) is 0 Å². The number of aryl methyl sites for hydroxylation is 1. The third-order valence-electron chi connectivity index (χ3n) is 3.05. The molecule has 0 aliphatic carbocycles. The van der Waals surface area contributed by atoms with Gasteiger partial charge in [-0.25, -0.2) is 0 Å². The number of aliphatic hydroxyl groups is 1. The third kappa shape index (κ3) is 3.67. The minimum absolute atomic E-state index is 0.166. The van der Waals surface area contributed by atoms with Crippen molar-refractivity contribution in [2.75, 3.05) is 6.61 Å². The average molecular weight is 206 g/mol. The molecule has 0 amide bonds. The summed E-state index contributed by atoms with van der Waals surface area (Å²) >= 11 is 0. The predicted molar refractivity (Wildman–Crippen MR) is 64.9 cm³/mol. The van der Waals surface area contributed by atoms with Crippen molar-refractivity contribution in [3.05, 3.63) is 35.4 Å². The van der Waals surface area contributed by atoms with Gasteiger partial charge in [0.05, 0.1) is 0 Å². The number of hydrogen-bond acceptors (Lipinski definition) is 1. The minimum atomic E-state index is 0.166. The molecule has 0 fully saturated rings. The molecule has 0 aliphatic heterocycles. The molecule has 1 aromatic rings. The van der Waals surface area contributed by atoms with Gasteiger partial charge in [-0.05, 0) is 30.2 Å². The zero-order valence-corrected chi connectivity index (χ0v) is 10.2. The van der Waals surface area contributed by atoms with Gasteiger partial charge in [0.2, 0.25) is 0 Å². The highest BCUT2D eigenvalue weighted by Gasteiger charge is 2.23. The van der Waals surface area contributed by atoms with Crippen LogP contribution in [0.2, 0.25) is 0 Å². The zero-order valence-electron chi connectivity index (χ0n) is 10.2. The van der Waals surface area contributed by atoms with Gasteiger partial charge in [0, 0.05) is 6.61 Å². The van der Waals surface area contributed by atoms with Crippen molar-refractivity contribution >= 4 is 0 Å². The second-order valence-corrected chi connectivity index (χ2v) is 5.44. The summed E-state index contributed by atoms with van der Waals surface area (Å²) < 4.78 is 0. The molecule has 0 heterocycles.